The van der Waals surface area contributed by atoms with Crippen molar-refractivity contribution in [1.82, 2.24) is 10.9 Å². The molecule has 1 amide bonds. The molecule has 0 saturated heterocycles. The van der Waals surface area contributed by atoms with Crippen molar-refractivity contribution in [2.45, 2.75) is 25.1 Å². The zero-order valence-electron chi connectivity index (χ0n) is 14.8. The van der Waals surface area contributed by atoms with Crippen LogP contribution < -0.4 is 10.9 Å². The Morgan fingerprint density at radius 1 is 0.963 bits per heavy atom. The van der Waals surface area contributed by atoms with Crippen molar-refractivity contribution >= 4 is 11.9 Å². The maximum Gasteiger partial charge on any atom is 0.416 e. The molecule has 0 aliphatic heterocycles. The summed E-state index contributed by atoms with van der Waals surface area (Å²) >= 11 is 0. The first kappa shape index (κ1) is 20.4. The fourth-order valence-electron chi connectivity index (χ4n) is 2.46. The van der Waals surface area contributed by atoms with Crippen molar-refractivity contribution in [1.29, 1.82) is 0 Å². The summed E-state index contributed by atoms with van der Waals surface area (Å²) in [5, 5.41) is 0. The van der Waals surface area contributed by atoms with Gasteiger partial charge in [0.2, 0.25) is 0 Å². The van der Waals surface area contributed by atoms with Crippen LogP contribution in [0.3, 0.4) is 0 Å². The van der Waals surface area contributed by atoms with Gasteiger partial charge in [-0.05, 0) is 36.8 Å². The van der Waals surface area contributed by atoms with E-state index in [0.29, 0.717) is 0 Å². The highest BCUT2D eigenvalue weighted by Crippen LogP contribution is 2.29. The molecule has 0 aliphatic rings. The molecule has 0 heterocycles. The number of amides is 1. The number of alkyl halides is 3. The number of nitrogens with one attached hydrogen (secondary N) is 2. The number of halogens is 3. The molecule has 0 aliphatic carbocycles. The lowest BCUT2D eigenvalue weighted by Gasteiger charge is -2.30. The predicted octanol–water partition coefficient (Wildman–Crippen LogP) is 3.42. The van der Waals surface area contributed by atoms with Gasteiger partial charge in [-0.15, -0.1) is 0 Å². The summed E-state index contributed by atoms with van der Waals surface area (Å²) in [4.78, 5) is 24.0. The van der Waals surface area contributed by atoms with Crippen LogP contribution in [0.15, 0.2) is 54.6 Å². The molecule has 0 aromatic heterocycles. The van der Waals surface area contributed by atoms with E-state index in [1.165, 1.54) is 7.11 Å². The van der Waals surface area contributed by atoms with Gasteiger partial charge in [-0.3, -0.25) is 15.0 Å². The van der Waals surface area contributed by atoms with Crippen LogP contribution in [-0.4, -0.2) is 19.0 Å². The number of hydrogen-bond acceptors (Lipinski definition) is 4. The number of esters is 1. The topological polar surface area (TPSA) is 67.4 Å². The Kier molecular flexibility index (Phi) is 6.22. The highest BCUT2D eigenvalue weighted by molar-refractivity contribution is 5.93. The molecule has 5 nitrogen and oxygen atoms in total. The quantitative estimate of drug-likeness (QED) is 0.595. The zero-order chi connectivity index (χ0) is 20.1. The second-order valence-electron chi connectivity index (χ2n) is 6.11. The lowest BCUT2D eigenvalue weighted by molar-refractivity contribution is -0.142. The van der Waals surface area contributed by atoms with Gasteiger partial charge in [0.1, 0.15) is 0 Å². The summed E-state index contributed by atoms with van der Waals surface area (Å²) < 4.78 is 42.5. The first-order chi connectivity index (χ1) is 12.7. The van der Waals surface area contributed by atoms with Crippen LogP contribution in [0.5, 0.6) is 0 Å². The predicted molar refractivity (Wildman–Crippen MR) is 92.5 cm³/mol. The number of benzene rings is 2. The van der Waals surface area contributed by atoms with Gasteiger partial charge in [-0.2, -0.15) is 13.2 Å². The summed E-state index contributed by atoms with van der Waals surface area (Å²) in [5.74, 6) is -1.12. The molecule has 0 fully saturated rings. The van der Waals surface area contributed by atoms with E-state index >= 15 is 0 Å². The molecule has 2 N–H and O–H groups in total. The summed E-state index contributed by atoms with van der Waals surface area (Å²) in [5.41, 5.74) is 4.20. The molecule has 2 aromatic carbocycles. The van der Waals surface area contributed by atoms with Crippen LogP contribution >= 0.6 is 0 Å². The number of carbonyl (C=O) groups excluding carboxylic acids is 2. The lowest BCUT2D eigenvalue weighted by Crippen LogP contribution is -2.51. The van der Waals surface area contributed by atoms with Gasteiger partial charge < -0.3 is 4.74 Å². The third kappa shape index (κ3) is 5.30. The second-order valence-corrected chi connectivity index (χ2v) is 6.11. The molecule has 0 bridgehead atoms. The van der Waals surface area contributed by atoms with Crippen LogP contribution in [0.2, 0.25) is 0 Å². The van der Waals surface area contributed by atoms with Gasteiger partial charge in [-0.1, -0.05) is 30.3 Å². The van der Waals surface area contributed by atoms with Gasteiger partial charge in [0.15, 0.2) is 0 Å². The number of carbonyl (C=O) groups is 2. The summed E-state index contributed by atoms with van der Waals surface area (Å²) in [7, 11) is 1.26. The minimum absolute atomic E-state index is 0.0454. The SMILES string of the molecule is COC(=O)C[C@@](C)(NNC(=O)c1ccc(C(F)(F)F)cc1)c1ccccc1. The van der Waals surface area contributed by atoms with E-state index in [2.05, 4.69) is 10.9 Å². The molecular formula is C19H19F3N2O3. The minimum atomic E-state index is -4.47. The second kappa shape index (κ2) is 8.22. The van der Waals surface area contributed by atoms with Gasteiger partial charge in [0.25, 0.3) is 5.91 Å². The van der Waals surface area contributed by atoms with Crippen molar-refractivity contribution in [3.8, 4) is 0 Å². The van der Waals surface area contributed by atoms with E-state index in [1.54, 1.807) is 31.2 Å². The highest BCUT2D eigenvalue weighted by Gasteiger charge is 2.32. The number of ether oxygens (including phenoxy) is 1. The zero-order valence-corrected chi connectivity index (χ0v) is 14.8. The van der Waals surface area contributed by atoms with Crippen LogP contribution in [0, 0.1) is 0 Å². The third-order valence-electron chi connectivity index (χ3n) is 4.06. The Morgan fingerprint density at radius 2 is 1.56 bits per heavy atom. The molecule has 144 valence electrons. The molecule has 0 unspecified atom stereocenters. The average molecular weight is 380 g/mol. The number of hydrogen-bond donors (Lipinski definition) is 2. The maximum absolute atomic E-state index is 12.6. The van der Waals surface area contributed by atoms with E-state index in [-0.39, 0.29) is 12.0 Å². The van der Waals surface area contributed by atoms with Crippen molar-refractivity contribution in [2.75, 3.05) is 7.11 Å². The summed E-state index contributed by atoms with van der Waals surface area (Å²) in [6, 6.07) is 12.8. The molecule has 1 atom stereocenters. The average Bonchev–Trinajstić information content (AvgIpc) is 2.66. The van der Waals surface area contributed by atoms with Gasteiger partial charge >= 0.3 is 12.1 Å². The normalized spacial score (nSPS) is 13.5. The minimum Gasteiger partial charge on any atom is -0.469 e. The van der Waals surface area contributed by atoms with E-state index in [0.717, 1.165) is 29.8 Å². The first-order valence-electron chi connectivity index (χ1n) is 8.03. The molecule has 0 radical (unpaired) electrons. The monoisotopic (exact) mass is 380 g/mol. The summed E-state index contributed by atoms with van der Waals surface area (Å²) in [6.07, 6.45) is -4.54. The van der Waals surface area contributed by atoms with Crippen LogP contribution in [0.25, 0.3) is 0 Å². The van der Waals surface area contributed by atoms with Gasteiger partial charge in [0, 0.05) is 5.56 Å². The number of methoxy groups -OCH3 is 1. The maximum atomic E-state index is 12.6. The van der Waals surface area contributed by atoms with Gasteiger partial charge in [0.05, 0.1) is 24.6 Å². The Labute approximate surface area is 154 Å². The Morgan fingerprint density at radius 3 is 2.07 bits per heavy atom. The number of rotatable bonds is 6. The van der Waals surface area contributed by atoms with Crippen LogP contribution in [0.4, 0.5) is 13.2 Å². The van der Waals surface area contributed by atoms with E-state index in [4.69, 9.17) is 4.74 Å². The Hall–Kier alpha value is -2.87. The van der Waals surface area contributed by atoms with Crippen molar-refractivity contribution < 1.29 is 27.5 Å². The van der Waals surface area contributed by atoms with E-state index < -0.39 is 29.2 Å². The van der Waals surface area contributed by atoms with E-state index in [9.17, 15) is 22.8 Å². The standard InChI is InChI=1S/C19H19F3N2O3/c1-18(12-16(25)27-2,14-6-4-3-5-7-14)24-23-17(26)13-8-10-15(11-9-13)19(20,21)22/h3-11,24H,12H2,1-2H3,(H,23,26)/t18-/m1/s1. The molecule has 2 rings (SSSR count). The largest absolute Gasteiger partial charge is 0.469 e. The molecule has 27 heavy (non-hydrogen) atoms. The lowest BCUT2D eigenvalue weighted by atomic mass is 9.89. The van der Waals surface area contributed by atoms with Crippen molar-refractivity contribution in [3.63, 3.8) is 0 Å². The molecule has 2 aromatic rings. The molecule has 8 heteroatoms. The van der Waals surface area contributed by atoms with Crippen LogP contribution in [-0.2, 0) is 21.2 Å². The Balaban J connectivity index is 2.14. The highest BCUT2D eigenvalue weighted by atomic mass is 19.4. The third-order valence-corrected chi connectivity index (χ3v) is 4.06. The fourth-order valence-corrected chi connectivity index (χ4v) is 2.46. The smallest absolute Gasteiger partial charge is 0.416 e. The first-order valence-corrected chi connectivity index (χ1v) is 8.03. The van der Waals surface area contributed by atoms with Gasteiger partial charge in [-0.25, -0.2) is 5.43 Å². The fraction of sp³-hybridized carbons (Fsp3) is 0.263. The van der Waals surface area contributed by atoms with Crippen molar-refractivity contribution in [3.05, 3.63) is 71.3 Å². The van der Waals surface area contributed by atoms with Crippen LogP contribution in [0.1, 0.15) is 34.8 Å². The Bertz CT molecular complexity index is 792. The van der Waals surface area contributed by atoms with Crippen molar-refractivity contribution in [2.24, 2.45) is 0 Å². The van der Waals surface area contributed by atoms with E-state index in [1.807, 2.05) is 6.07 Å². The molecular weight excluding hydrogens is 361 g/mol. The number of hydrazine groups is 1. The molecule has 0 spiro atoms. The summed E-state index contributed by atoms with van der Waals surface area (Å²) in [6.45, 7) is 1.70. The molecule has 0 saturated carbocycles.